The fourth-order valence-electron chi connectivity index (χ4n) is 1.50. The average molecular weight is 261 g/mol. The number of sulfonamides is 1. The molecule has 4 nitrogen and oxygen atoms in total. The van der Waals surface area contributed by atoms with Gasteiger partial charge in [-0.15, -0.1) is 0 Å². The van der Waals surface area contributed by atoms with Crippen molar-refractivity contribution >= 4 is 22.0 Å². The lowest BCUT2D eigenvalue weighted by molar-refractivity contribution is 0.112. The molecular formula is C13H11NO3S. The van der Waals surface area contributed by atoms with E-state index < -0.39 is 10.0 Å². The van der Waals surface area contributed by atoms with Crippen molar-refractivity contribution in [2.75, 3.05) is 4.72 Å². The fraction of sp³-hybridized carbons (Fsp3) is 0. The van der Waals surface area contributed by atoms with Crippen molar-refractivity contribution in [3.63, 3.8) is 0 Å². The molecule has 2 aromatic rings. The number of hydrogen-bond donors (Lipinski definition) is 1. The second-order valence-corrected chi connectivity index (χ2v) is 5.31. The number of aldehydes is 1. The van der Waals surface area contributed by atoms with Crippen molar-refractivity contribution < 1.29 is 13.2 Å². The van der Waals surface area contributed by atoms with E-state index in [1.165, 1.54) is 12.1 Å². The van der Waals surface area contributed by atoms with Crippen LogP contribution in [0.1, 0.15) is 10.4 Å². The molecule has 0 fully saturated rings. The molecule has 0 saturated carbocycles. The lowest BCUT2D eigenvalue weighted by atomic mass is 10.2. The van der Waals surface area contributed by atoms with Gasteiger partial charge in [-0.25, -0.2) is 8.42 Å². The highest BCUT2D eigenvalue weighted by molar-refractivity contribution is 7.92. The van der Waals surface area contributed by atoms with E-state index in [0.717, 1.165) is 0 Å². The van der Waals surface area contributed by atoms with Crippen molar-refractivity contribution in [1.29, 1.82) is 0 Å². The zero-order chi connectivity index (χ0) is 13.0. The van der Waals surface area contributed by atoms with Crippen LogP contribution in [-0.2, 0) is 10.0 Å². The normalized spacial score (nSPS) is 10.9. The molecule has 0 aliphatic heterocycles. The first-order valence-electron chi connectivity index (χ1n) is 5.25. The third-order valence-electron chi connectivity index (χ3n) is 2.39. The molecule has 2 rings (SSSR count). The highest BCUT2D eigenvalue weighted by Crippen LogP contribution is 2.18. The van der Waals surface area contributed by atoms with Crippen LogP contribution in [0.3, 0.4) is 0 Å². The molecule has 0 atom stereocenters. The molecular weight excluding hydrogens is 250 g/mol. The van der Waals surface area contributed by atoms with Crippen molar-refractivity contribution in [2.24, 2.45) is 0 Å². The smallest absolute Gasteiger partial charge is 0.261 e. The molecule has 92 valence electrons. The topological polar surface area (TPSA) is 63.2 Å². The standard InChI is InChI=1S/C13H11NO3S/c15-10-11-6-4-5-9-13(11)14-18(16,17)12-7-2-1-3-8-12/h1-10,14H. The summed E-state index contributed by atoms with van der Waals surface area (Å²) >= 11 is 0. The van der Waals surface area contributed by atoms with E-state index in [1.807, 2.05) is 0 Å². The van der Waals surface area contributed by atoms with Gasteiger partial charge in [0.2, 0.25) is 0 Å². The molecule has 5 heteroatoms. The summed E-state index contributed by atoms with van der Waals surface area (Å²) in [6, 6.07) is 14.4. The summed E-state index contributed by atoms with van der Waals surface area (Å²) in [6.07, 6.45) is 0.614. The summed E-state index contributed by atoms with van der Waals surface area (Å²) in [5.74, 6) is 0. The Hall–Kier alpha value is -2.14. The van der Waals surface area contributed by atoms with Crippen LogP contribution in [-0.4, -0.2) is 14.7 Å². The largest absolute Gasteiger partial charge is 0.298 e. The van der Waals surface area contributed by atoms with Gasteiger partial charge < -0.3 is 0 Å². The fourth-order valence-corrected chi connectivity index (χ4v) is 2.60. The van der Waals surface area contributed by atoms with Crippen molar-refractivity contribution in [2.45, 2.75) is 4.90 Å². The molecule has 0 aliphatic rings. The minimum Gasteiger partial charge on any atom is -0.298 e. The van der Waals surface area contributed by atoms with E-state index in [0.29, 0.717) is 11.8 Å². The van der Waals surface area contributed by atoms with Gasteiger partial charge in [-0.2, -0.15) is 0 Å². The summed E-state index contributed by atoms with van der Waals surface area (Å²) in [6.45, 7) is 0. The molecule has 1 N–H and O–H groups in total. The number of benzene rings is 2. The Morgan fingerprint density at radius 1 is 0.889 bits per heavy atom. The number of rotatable bonds is 4. The third-order valence-corrected chi connectivity index (χ3v) is 3.77. The van der Waals surface area contributed by atoms with E-state index in [4.69, 9.17) is 0 Å². The molecule has 0 bridgehead atoms. The van der Waals surface area contributed by atoms with Gasteiger partial charge in [0, 0.05) is 5.56 Å². The van der Waals surface area contributed by atoms with Gasteiger partial charge in [-0.1, -0.05) is 30.3 Å². The lowest BCUT2D eigenvalue weighted by Gasteiger charge is -2.09. The SMILES string of the molecule is O=Cc1ccccc1NS(=O)(=O)c1ccccc1. The Morgan fingerprint density at radius 2 is 1.50 bits per heavy atom. The number of carbonyl (C=O) groups excluding carboxylic acids is 1. The average Bonchev–Trinajstić information content (AvgIpc) is 2.40. The maximum Gasteiger partial charge on any atom is 0.261 e. The van der Waals surface area contributed by atoms with E-state index in [9.17, 15) is 13.2 Å². The molecule has 2 aromatic carbocycles. The Bertz CT molecular complexity index is 651. The number of carbonyl (C=O) groups is 1. The molecule has 0 aliphatic carbocycles. The predicted octanol–water partition coefficient (Wildman–Crippen LogP) is 2.30. The lowest BCUT2D eigenvalue weighted by Crippen LogP contribution is -2.13. The number of hydrogen-bond acceptors (Lipinski definition) is 3. The van der Waals surface area contributed by atoms with E-state index >= 15 is 0 Å². The quantitative estimate of drug-likeness (QED) is 0.859. The molecule has 0 amide bonds. The highest BCUT2D eigenvalue weighted by Gasteiger charge is 2.14. The number of anilines is 1. The summed E-state index contributed by atoms with van der Waals surface area (Å²) in [7, 11) is -3.65. The zero-order valence-electron chi connectivity index (χ0n) is 9.41. The number of nitrogens with one attached hydrogen (secondary N) is 1. The van der Waals surface area contributed by atoms with E-state index in [2.05, 4.69) is 4.72 Å². The van der Waals surface area contributed by atoms with E-state index in [1.54, 1.807) is 42.5 Å². The van der Waals surface area contributed by atoms with Crippen LogP contribution < -0.4 is 4.72 Å². The third kappa shape index (κ3) is 2.57. The molecule has 0 unspecified atom stereocenters. The van der Waals surface area contributed by atoms with Gasteiger partial charge >= 0.3 is 0 Å². The van der Waals surface area contributed by atoms with Crippen molar-refractivity contribution in [3.05, 3.63) is 60.2 Å². The van der Waals surface area contributed by atoms with E-state index in [-0.39, 0.29) is 10.6 Å². The van der Waals surface area contributed by atoms with Gasteiger partial charge in [0.1, 0.15) is 0 Å². The minimum absolute atomic E-state index is 0.158. The monoisotopic (exact) mass is 261 g/mol. The number of para-hydroxylation sites is 1. The van der Waals surface area contributed by atoms with Crippen LogP contribution in [0.4, 0.5) is 5.69 Å². The Labute approximate surface area is 105 Å². The van der Waals surface area contributed by atoms with Crippen LogP contribution in [0.5, 0.6) is 0 Å². The van der Waals surface area contributed by atoms with Crippen LogP contribution in [0, 0.1) is 0 Å². The summed E-state index contributed by atoms with van der Waals surface area (Å²) in [5.41, 5.74) is 0.577. The van der Waals surface area contributed by atoms with Crippen molar-refractivity contribution in [1.82, 2.24) is 0 Å². The zero-order valence-corrected chi connectivity index (χ0v) is 10.2. The summed E-state index contributed by atoms with van der Waals surface area (Å²) < 4.78 is 26.5. The molecule has 18 heavy (non-hydrogen) atoms. The van der Waals surface area contributed by atoms with Gasteiger partial charge in [-0.3, -0.25) is 9.52 Å². The maximum absolute atomic E-state index is 12.0. The van der Waals surface area contributed by atoms with Crippen LogP contribution in [0.2, 0.25) is 0 Å². The van der Waals surface area contributed by atoms with Crippen molar-refractivity contribution in [3.8, 4) is 0 Å². The molecule has 0 aromatic heterocycles. The summed E-state index contributed by atoms with van der Waals surface area (Å²) in [4.78, 5) is 11.0. The highest BCUT2D eigenvalue weighted by atomic mass is 32.2. The van der Waals surface area contributed by atoms with Gasteiger partial charge in [0.05, 0.1) is 10.6 Å². The Morgan fingerprint density at radius 3 is 2.17 bits per heavy atom. The van der Waals surface area contributed by atoms with Gasteiger partial charge in [0.25, 0.3) is 10.0 Å². The first-order chi connectivity index (χ1) is 8.63. The molecule has 0 saturated heterocycles. The summed E-state index contributed by atoms with van der Waals surface area (Å²) in [5, 5.41) is 0. The molecule has 0 radical (unpaired) electrons. The second kappa shape index (κ2) is 5.01. The predicted molar refractivity (Wildman–Crippen MR) is 69.1 cm³/mol. The van der Waals surface area contributed by atoms with Crippen LogP contribution in [0.15, 0.2) is 59.5 Å². The molecule has 0 heterocycles. The first kappa shape index (κ1) is 12.3. The maximum atomic E-state index is 12.0. The van der Waals surface area contributed by atoms with Crippen LogP contribution in [0.25, 0.3) is 0 Å². The Kier molecular flexibility index (Phi) is 3.43. The van der Waals surface area contributed by atoms with Gasteiger partial charge in [-0.05, 0) is 24.3 Å². The molecule has 0 spiro atoms. The minimum atomic E-state index is -3.65. The Balaban J connectivity index is 2.37. The van der Waals surface area contributed by atoms with Crippen LogP contribution >= 0.6 is 0 Å². The second-order valence-electron chi connectivity index (χ2n) is 3.62. The first-order valence-corrected chi connectivity index (χ1v) is 6.74. The van der Waals surface area contributed by atoms with Gasteiger partial charge in [0.15, 0.2) is 6.29 Å².